The van der Waals surface area contributed by atoms with Crippen molar-refractivity contribution in [1.82, 2.24) is 14.8 Å². The number of amides is 2. The third-order valence-corrected chi connectivity index (χ3v) is 7.77. The molecular formula is C25H28BrN5O5S2. The van der Waals surface area contributed by atoms with E-state index in [1.54, 1.807) is 26.8 Å². The van der Waals surface area contributed by atoms with Gasteiger partial charge in [0.1, 0.15) is 10.8 Å². The molecule has 3 N–H and O–H groups in total. The summed E-state index contributed by atoms with van der Waals surface area (Å²) in [7, 11) is 0. The second-order valence-corrected chi connectivity index (χ2v) is 11.2. The molecule has 0 saturated carbocycles. The van der Waals surface area contributed by atoms with Gasteiger partial charge in [0.05, 0.1) is 22.3 Å². The highest BCUT2D eigenvalue weighted by molar-refractivity contribution is 9.10. The number of hydrogen-bond donors (Lipinski definition) is 2. The third kappa shape index (κ3) is 7.23. The average molecular weight is 623 g/mol. The molecule has 202 valence electrons. The topological polar surface area (TPSA) is 138 Å². The van der Waals surface area contributed by atoms with Crippen LogP contribution >= 0.6 is 39.0 Å². The number of carbonyl (C=O) groups excluding carboxylic acids is 3. The Labute approximate surface area is 237 Å². The SMILES string of the molecule is C=CCn1c(SCC(=O)Nc2sc(C(N)=O)c(C)c2C(=O)OC(C)C)nnc1C(C)Oc1ccc(Br)cc1. The number of benzene rings is 1. The average Bonchev–Trinajstić information content (AvgIpc) is 3.39. The van der Waals surface area contributed by atoms with Crippen LogP contribution in [0.5, 0.6) is 5.75 Å². The molecule has 0 bridgehead atoms. The summed E-state index contributed by atoms with van der Waals surface area (Å²) < 4.78 is 14.1. The maximum absolute atomic E-state index is 12.9. The lowest BCUT2D eigenvalue weighted by Gasteiger charge is -2.15. The molecule has 0 aliphatic rings. The van der Waals surface area contributed by atoms with Crippen LogP contribution in [0.1, 0.15) is 58.3 Å². The van der Waals surface area contributed by atoms with E-state index in [-0.39, 0.29) is 27.3 Å². The van der Waals surface area contributed by atoms with Gasteiger partial charge in [0.25, 0.3) is 5.91 Å². The fourth-order valence-electron chi connectivity index (χ4n) is 3.43. The first-order valence-corrected chi connectivity index (χ1v) is 14.1. The van der Waals surface area contributed by atoms with Gasteiger partial charge in [-0.05, 0) is 57.5 Å². The van der Waals surface area contributed by atoms with Crippen molar-refractivity contribution < 1.29 is 23.9 Å². The zero-order valence-electron chi connectivity index (χ0n) is 21.3. The van der Waals surface area contributed by atoms with E-state index < -0.39 is 23.9 Å². The normalized spacial score (nSPS) is 11.7. The molecule has 13 heteroatoms. The number of thioether (sulfide) groups is 1. The van der Waals surface area contributed by atoms with Gasteiger partial charge in [-0.2, -0.15) is 0 Å². The highest BCUT2D eigenvalue weighted by Gasteiger charge is 2.27. The summed E-state index contributed by atoms with van der Waals surface area (Å²) in [6.45, 7) is 11.1. The van der Waals surface area contributed by atoms with E-state index in [4.69, 9.17) is 15.2 Å². The smallest absolute Gasteiger partial charge is 0.341 e. The van der Waals surface area contributed by atoms with Crippen LogP contribution in [0.25, 0.3) is 0 Å². The molecule has 0 aliphatic carbocycles. The summed E-state index contributed by atoms with van der Waals surface area (Å²) >= 11 is 5.51. The second-order valence-electron chi connectivity index (χ2n) is 8.37. The lowest BCUT2D eigenvalue weighted by Crippen LogP contribution is -2.18. The number of anilines is 1. The van der Waals surface area contributed by atoms with Gasteiger partial charge in [-0.15, -0.1) is 28.1 Å². The number of primary amides is 1. The monoisotopic (exact) mass is 621 g/mol. The predicted molar refractivity (Wildman–Crippen MR) is 151 cm³/mol. The van der Waals surface area contributed by atoms with Gasteiger partial charge in [0, 0.05) is 11.0 Å². The number of allylic oxidation sites excluding steroid dienone is 1. The number of carbonyl (C=O) groups is 3. The minimum Gasteiger partial charge on any atom is -0.483 e. The molecule has 1 unspecified atom stereocenters. The largest absolute Gasteiger partial charge is 0.483 e. The molecule has 10 nitrogen and oxygen atoms in total. The minimum absolute atomic E-state index is 0.0290. The fourth-order valence-corrected chi connectivity index (χ4v) is 5.51. The van der Waals surface area contributed by atoms with Gasteiger partial charge in [0.2, 0.25) is 5.91 Å². The zero-order chi connectivity index (χ0) is 28.0. The maximum atomic E-state index is 12.9. The molecule has 3 rings (SSSR count). The lowest BCUT2D eigenvalue weighted by atomic mass is 10.1. The second kappa shape index (κ2) is 13.1. The van der Waals surface area contributed by atoms with Crippen molar-refractivity contribution >= 4 is 61.8 Å². The van der Waals surface area contributed by atoms with Gasteiger partial charge in [-0.3, -0.25) is 14.2 Å². The van der Waals surface area contributed by atoms with E-state index >= 15 is 0 Å². The Hall–Kier alpha value is -3.16. The van der Waals surface area contributed by atoms with Crippen molar-refractivity contribution in [1.29, 1.82) is 0 Å². The van der Waals surface area contributed by atoms with Gasteiger partial charge in [-0.25, -0.2) is 4.79 Å². The van der Waals surface area contributed by atoms with Crippen LogP contribution < -0.4 is 15.8 Å². The van der Waals surface area contributed by atoms with Crippen molar-refractivity contribution in [3.8, 4) is 5.75 Å². The molecule has 2 heterocycles. The first kappa shape index (κ1) is 29.4. The predicted octanol–water partition coefficient (Wildman–Crippen LogP) is 5.13. The number of thiophene rings is 1. The third-order valence-electron chi connectivity index (χ3n) is 5.05. The first-order valence-electron chi connectivity index (χ1n) is 11.5. The summed E-state index contributed by atoms with van der Waals surface area (Å²) in [5.41, 5.74) is 5.94. The van der Waals surface area contributed by atoms with Crippen molar-refractivity contribution in [3.63, 3.8) is 0 Å². The molecule has 1 aromatic carbocycles. The van der Waals surface area contributed by atoms with Crippen LogP contribution in [0.3, 0.4) is 0 Å². The Morgan fingerprint density at radius 1 is 1.24 bits per heavy atom. The Morgan fingerprint density at radius 3 is 2.53 bits per heavy atom. The van der Waals surface area contributed by atoms with Crippen LogP contribution in [0.15, 0.2) is 46.5 Å². The van der Waals surface area contributed by atoms with Crippen LogP contribution in [0, 0.1) is 6.92 Å². The highest BCUT2D eigenvalue weighted by atomic mass is 79.9. The highest BCUT2D eigenvalue weighted by Crippen LogP contribution is 2.34. The Bertz CT molecular complexity index is 1340. The molecule has 0 radical (unpaired) electrons. The number of aromatic nitrogens is 3. The molecule has 2 aromatic heterocycles. The molecule has 2 amide bonds. The van der Waals surface area contributed by atoms with E-state index in [9.17, 15) is 14.4 Å². The number of nitrogens with two attached hydrogens (primary N) is 1. The molecule has 0 fully saturated rings. The van der Waals surface area contributed by atoms with Crippen LogP contribution in [-0.2, 0) is 16.1 Å². The maximum Gasteiger partial charge on any atom is 0.341 e. The van der Waals surface area contributed by atoms with E-state index in [0.717, 1.165) is 15.8 Å². The summed E-state index contributed by atoms with van der Waals surface area (Å²) in [6.07, 6.45) is 0.913. The van der Waals surface area contributed by atoms with Gasteiger partial charge in [-0.1, -0.05) is 33.8 Å². The van der Waals surface area contributed by atoms with E-state index in [0.29, 0.717) is 28.8 Å². The summed E-state index contributed by atoms with van der Waals surface area (Å²) in [6, 6.07) is 7.45. The fraction of sp³-hybridized carbons (Fsp3) is 0.320. The number of nitrogens with zero attached hydrogens (tertiary/aromatic N) is 3. The number of hydrogen-bond acceptors (Lipinski definition) is 9. The van der Waals surface area contributed by atoms with Crippen LogP contribution in [-0.4, -0.2) is 44.4 Å². The van der Waals surface area contributed by atoms with Crippen LogP contribution in [0.4, 0.5) is 5.00 Å². The molecule has 3 aromatic rings. The summed E-state index contributed by atoms with van der Waals surface area (Å²) in [4.78, 5) is 37.5. The van der Waals surface area contributed by atoms with Crippen molar-refractivity contribution in [2.45, 2.75) is 51.6 Å². The number of esters is 1. The Kier molecular flexibility index (Phi) is 10.1. The van der Waals surface area contributed by atoms with Crippen LogP contribution in [0.2, 0.25) is 0 Å². The van der Waals surface area contributed by atoms with Gasteiger partial charge >= 0.3 is 5.97 Å². The minimum atomic E-state index is -0.689. The summed E-state index contributed by atoms with van der Waals surface area (Å²) in [5.74, 6) is -0.506. The molecular weight excluding hydrogens is 594 g/mol. The van der Waals surface area contributed by atoms with E-state index in [1.165, 1.54) is 11.8 Å². The Morgan fingerprint density at radius 2 is 1.92 bits per heavy atom. The molecule has 0 saturated heterocycles. The standard InChI is InChI=1S/C25H28BrN5O5S2/c1-6-11-31-22(15(5)36-17-9-7-16(26)8-10-17)29-30-25(31)37-12-18(32)28-23-19(24(34)35-13(2)3)14(4)20(38-23)21(27)33/h6-10,13,15H,1,11-12H2,2-5H3,(H2,27,33)(H,28,32). The molecule has 1 atom stereocenters. The van der Waals surface area contributed by atoms with Gasteiger partial charge < -0.3 is 20.5 Å². The van der Waals surface area contributed by atoms with E-state index in [1.807, 2.05) is 35.8 Å². The lowest BCUT2D eigenvalue weighted by molar-refractivity contribution is -0.113. The number of ether oxygens (including phenoxy) is 2. The van der Waals surface area contributed by atoms with Crippen molar-refractivity contribution in [3.05, 3.63) is 63.2 Å². The molecule has 0 aliphatic heterocycles. The number of rotatable bonds is 12. The molecule has 0 spiro atoms. The van der Waals surface area contributed by atoms with Crippen molar-refractivity contribution in [2.24, 2.45) is 5.73 Å². The van der Waals surface area contributed by atoms with Gasteiger partial charge in [0.15, 0.2) is 17.1 Å². The van der Waals surface area contributed by atoms with E-state index in [2.05, 4.69) is 38.0 Å². The molecule has 38 heavy (non-hydrogen) atoms. The first-order chi connectivity index (χ1) is 18.0. The number of halogens is 1. The van der Waals surface area contributed by atoms with Crippen molar-refractivity contribution in [2.75, 3.05) is 11.1 Å². The Balaban J connectivity index is 1.74. The summed E-state index contributed by atoms with van der Waals surface area (Å²) in [5, 5.41) is 11.9. The number of nitrogens with one attached hydrogen (secondary N) is 1. The zero-order valence-corrected chi connectivity index (χ0v) is 24.5. The quantitative estimate of drug-likeness (QED) is 0.161.